The average molecular weight is 309 g/mol. The van der Waals surface area contributed by atoms with Crippen molar-refractivity contribution in [3.8, 4) is 0 Å². The molecule has 0 radical (unpaired) electrons. The molecule has 0 unspecified atom stereocenters. The van der Waals surface area contributed by atoms with Crippen LogP contribution in [0.2, 0.25) is 0 Å². The van der Waals surface area contributed by atoms with Crippen LogP contribution in [0.3, 0.4) is 0 Å². The maximum atomic E-state index is 6.07. The van der Waals surface area contributed by atoms with Crippen LogP contribution in [0, 0.1) is 13.8 Å². The van der Waals surface area contributed by atoms with Crippen LogP contribution in [0.5, 0.6) is 0 Å². The normalized spacial score (nSPS) is 11.6. The lowest BCUT2D eigenvalue weighted by Gasteiger charge is -2.07. The SMILES string of the molecule is CCn1nc(C)c2nc(CCl)n(Cc3ccc(C)s3)c21. The molecule has 0 aliphatic heterocycles. The van der Waals surface area contributed by atoms with Crippen LogP contribution in [0.15, 0.2) is 12.1 Å². The molecule has 0 saturated carbocycles. The quantitative estimate of drug-likeness (QED) is 0.689. The van der Waals surface area contributed by atoms with E-state index in [9.17, 15) is 0 Å². The fourth-order valence-corrected chi connectivity index (χ4v) is 3.57. The zero-order valence-electron chi connectivity index (χ0n) is 11.9. The van der Waals surface area contributed by atoms with Gasteiger partial charge in [-0.15, -0.1) is 22.9 Å². The molecule has 0 spiro atoms. The van der Waals surface area contributed by atoms with Crippen LogP contribution < -0.4 is 0 Å². The van der Waals surface area contributed by atoms with Crippen molar-refractivity contribution in [2.45, 2.75) is 39.7 Å². The Morgan fingerprint density at radius 2 is 2.10 bits per heavy atom. The third-order valence-electron chi connectivity index (χ3n) is 3.41. The van der Waals surface area contributed by atoms with Crippen LogP contribution >= 0.6 is 22.9 Å². The maximum Gasteiger partial charge on any atom is 0.159 e. The minimum Gasteiger partial charge on any atom is -0.307 e. The summed E-state index contributed by atoms with van der Waals surface area (Å²) in [6.07, 6.45) is 0. The van der Waals surface area contributed by atoms with E-state index in [0.717, 1.165) is 35.8 Å². The summed E-state index contributed by atoms with van der Waals surface area (Å²) in [5.74, 6) is 1.33. The highest BCUT2D eigenvalue weighted by Gasteiger charge is 2.18. The summed E-state index contributed by atoms with van der Waals surface area (Å²) >= 11 is 7.88. The van der Waals surface area contributed by atoms with E-state index in [1.807, 2.05) is 22.9 Å². The molecular weight excluding hydrogens is 292 g/mol. The van der Waals surface area contributed by atoms with E-state index in [1.165, 1.54) is 9.75 Å². The summed E-state index contributed by atoms with van der Waals surface area (Å²) in [7, 11) is 0. The van der Waals surface area contributed by atoms with Gasteiger partial charge in [0.25, 0.3) is 0 Å². The molecule has 0 atom stereocenters. The highest BCUT2D eigenvalue weighted by molar-refractivity contribution is 7.11. The number of fused-ring (bicyclic) bond motifs is 1. The second kappa shape index (κ2) is 5.22. The predicted molar refractivity (Wildman–Crippen MR) is 83.6 cm³/mol. The molecule has 0 amide bonds. The summed E-state index contributed by atoms with van der Waals surface area (Å²) < 4.78 is 4.20. The van der Waals surface area contributed by atoms with Crippen molar-refractivity contribution in [2.24, 2.45) is 0 Å². The highest BCUT2D eigenvalue weighted by Crippen LogP contribution is 2.24. The molecule has 20 heavy (non-hydrogen) atoms. The summed E-state index contributed by atoms with van der Waals surface area (Å²) in [5, 5.41) is 4.54. The number of nitrogens with zero attached hydrogens (tertiary/aromatic N) is 4. The topological polar surface area (TPSA) is 35.6 Å². The fourth-order valence-electron chi connectivity index (χ4n) is 2.48. The molecule has 0 fully saturated rings. The van der Waals surface area contributed by atoms with Gasteiger partial charge in [0.2, 0.25) is 0 Å². The minimum absolute atomic E-state index is 0.419. The molecule has 0 N–H and O–H groups in total. The van der Waals surface area contributed by atoms with E-state index in [0.29, 0.717) is 5.88 Å². The molecule has 106 valence electrons. The first-order valence-corrected chi connectivity index (χ1v) is 8.03. The number of rotatable bonds is 4. The van der Waals surface area contributed by atoms with Gasteiger partial charge in [0.1, 0.15) is 11.3 Å². The molecule has 0 bridgehead atoms. The van der Waals surface area contributed by atoms with E-state index >= 15 is 0 Å². The van der Waals surface area contributed by atoms with Gasteiger partial charge in [-0.2, -0.15) is 5.10 Å². The van der Waals surface area contributed by atoms with Crippen molar-refractivity contribution in [3.63, 3.8) is 0 Å². The van der Waals surface area contributed by atoms with Gasteiger partial charge in [-0.05, 0) is 32.9 Å². The largest absolute Gasteiger partial charge is 0.307 e. The first-order chi connectivity index (χ1) is 9.63. The van der Waals surface area contributed by atoms with Crippen LogP contribution in [-0.2, 0) is 19.0 Å². The average Bonchev–Trinajstić information content (AvgIpc) is 3.08. The molecule has 3 heterocycles. The molecule has 3 aromatic rings. The van der Waals surface area contributed by atoms with Gasteiger partial charge in [0.15, 0.2) is 5.65 Å². The number of halogens is 1. The third kappa shape index (κ3) is 2.15. The zero-order chi connectivity index (χ0) is 14.3. The third-order valence-corrected chi connectivity index (χ3v) is 4.63. The maximum absolute atomic E-state index is 6.07. The Labute approximate surface area is 127 Å². The van der Waals surface area contributed by atoms with Crippen LogP contribution in [0.25, 0.3) is 11.2 Å². The van der Waals surface area contributed by atoms with E-state index in [1.54, 1.807) is 0 Å². The van der Waals surface area contributed by atoms with Gasteiger partial charge in [0, 0.05) is 16.3 Å². The van der Waals surface area contributed by atoms with Gasteiger partial charge < -0.3 is 4.57 Å². The molecule has 6 heteroatoms. The number of imidazole rings is 1. The molecule has 0 aromatic carbocycles. The second-order valence-corrected chi connectivity index (χ2v) is 6.47. The number of aryl methyl sites for hydroxylation is 3. The highest BCUT2D eigenvalue weighted by atomic mass is 35.5. The van der Waals surface area contributed by atoms with Crippen molar-refractivity contribution in [1.82, 2.24) is 19.3 Å². The first kappa shape index (κ1) is 13.6. The lowest BCUT2D eigenvalue weighted by Crippen LogP contribution is -2.08. The van der Waals surface area contributed by atoms with E-state index in [4.69, 9.17) is 11.6 Å². The van der Waals surface area contributed by atoms with Crippen molar-refractivity contribution in [2.75, 3.05) is 0 Å². The molecule has 0 saturated heterocycles. The molecular formula is C14H17ClN4S. The summed E-state index contributed by atoms with van der Waals surface area (Å²) in [5.41, 5.74) is 3.01. The molecule has 3 rings (SSSR count). The van der Waals surface area contributed by atoms with Crippen molar-refractivity contribution in [1.29, 1.82) is 0 Å². The van der Waals surface area contributed by atoms with E-state index in [2.05, 4.69) is 40.6 Å². The summed E-state index contributed by atoms with van der Waals surface area (Å²) in [6.45, 7) is 7.86. The van der Waals surface area contributed by atoms with Crippen molar-refractivity contribution in [3.05, 3.63) is 33.4 Å². The molecule has 0 aliphatic rings. The van der Waals surface area contributed by atoms with Crippen LogP contribution in [0.4, 0.5) is 0 Å². The van der Waals surface area contributed by atoms with Gasteiger partial charge in [-0.3, -0.25) is 0 Å². The van der Waals surface area contributed by atoms with Gasteiger partial charge in [-0.25, -0.2) is 9.67 Å². The first-order valence-electron chi connectivity index (χ1n) is 6.67. The van der Waals surface area contributed by atoms with Gasteiger partial charge in [-0.1, -0.05) is 0 Å². The minimum atomic E-state index is 0.419. The Hall–Kier alpha value is -1.33. The van der Waals surface area contributed by atoms with Crippen molar-refractivity contribution >= 4 is 34.1 Å². The Kier molecular flexibility index (Phi) is 3.56. The number of alkyl halides is 1. The van der Waals surface area contributed by atoms with E-state index in [-0.39, 0.29) is 0 Å². The second-order valence-electron chi connectivity index (χ2n) is 4.83. The zero-order valence-corrected chi connectivity index (χ0v) is 13.4. The number of hydrogen-bond acceptors (Lipinski definition) is 3. The Balaban J connectivity index is 2.16. The van der Waals surface area contributed by atoms with Crippen molar-refractivity contribution < 1.29 is 0 Å². The van der Waals surface area contributed by atoms with Gasteiger partial charge >= 0.3 is 0 Å². The molecule has 3 aromatic heterocycles. The van der Waals surface area contributed by atoms with E-state index < -0.39 is 0 Å². The Morgan fingerprint density at radius 3 is 2.70 bits per heavy atom. The number of hydrogen-bond donors (Lipinski definition) is 0. The fraction of sp³-hybridized carbons (Fsp3) is 0.429. The lowest BCUT2D eigenvalue weighted by molar-refractivity contribution is 0.640. The van der Waals surface area contributed by atoms with Gasteiger partial charge in [0.05, 0.1) is 18.1 Å². The molecule has 0 aliphatic carbocycles. The smallest absolute Gasteiger partial charge is 0.159 e. The van der Waals surface area contributed by atoms with Crippen LogP contribution in [0.1, 0.15) is 28.2 Å². The lowest BCUT2D eigenvalue weighted by atomic mass is 10.4. The number of aromatic nitrogens is 4. The predicted octanol–water partition coefficient (Wildman–Crippen LogP) is 3.72. The Bertz CT molecular complexity index is 753. The summed E-state index contributed by atoms with van der Waals surface area (Å²) in [6, 6.07) is 4.32. The summed E-state index contributed by atoms with van der Waals surface area (Å²) in [4.78, 5) is 7.29. The standard InChI is InChI=1S/C14H17ClN4S/c1-4-19-14-13(10(3)17-19)16-12(7-15)18(14)8-11-6-5-9(2)20-11/h5-6H,4,7-8H2,1-3H3. The Morgan fingerprint density at radius 1 is 1.30 bits per heavy atom. The molecule has 4 nitrogen and oxygen atoms in total. The monoisotopic (exact) mass is 308 g/mol. The van der Waals surface area contributed by atoms with Crippen LogP contribution in [-0.4, -0.2) is 19.3 Å². The number of thiophene rings is 1.